The van der Waals surface area contributed by atoms with Crippen molar-refractivity contribution in [3.05, 3.63) is 0 Å². The molecule has 1 aliphatic carbocycles. The molecule has 0 aromatic heterocycles. The minimum absolute atomic E-state index is 0.0890. The third-order valence-electron chi connectivity index (χ3n) is 5.23. The highest BCUT2D eigenvalue weighted by Gasteiger charge is 2.15. The quantitative estimate of drug-likeness (QED) is 0.558. The molecule has 6 nitrogen and oxygen atoms in total. The second-order valence-corrected chi connectivity index (χ2v) is 7.44. The lowest BCUT2D eigenvalue weighted by molar-refractivity contribution is -0.121. The van der Waals surface area contributed by atoms with Crippen molar-refractivity contribution in [2.24, 2.45) is 0 Å². The minimum atomic E-state index is -0.0890. The molecule has 0 spiro atoms. The average Bonchev–Trinajstić information content (AvgIpc) is 2.64. The molecule has 2 aliphatic rings. The van der Waals surface area contributed by atoms with Gasteiger partial charge in [-0.3, -0.25) is 4.79 Å². The van der Waals surface area contributed by atoms with Gasteiger partial charge in [0.15, 0.2) is 0 Å². The van der Waals surface area contributed by atoms with Crippen LogP contribution >= 0.6 is 0 Å². The maximum Gasteiger partial charge on any atom is 0.315 e. The largest absolute Gasteiger partial charge is 0.356 e. The molecule has 25 heavy (non-hydrogen) atoms. The van der Waals surface area contributed by atoms with E-state index in [4.69, 9.17) is 0 Å². The summed E-state index contributed by atoms with van der Waals surface area (Å²) in [5.74, 6) is 0.0909. The molecule has 2 rings (SSSR count). The molecule has 1 aliphatic heterocycles. The number of nitrogens with one attached hydrogen (secondary N) is 3. The van der Waals surface area contributed by atoms with Crippen LogP contribution < -0.4 is 16.0 Å². The first-order valence-corrected chi connectivity index (χ1v) is 10.3. The lowest BCUT2D eigenvalue weighted by Gasteiger charge is -2.26. The Morgan fingerprint density at radius 1 is 0.840 bits per heavy atom. The Kier molecular flexibility index (Phi) is 9.70. The van der Waals surface area contributed by atoms with Gasteiger partial charge in [-0.15, -0.1) is 0 Å². The van der Waals surface area contributed by atoms with Crippen LogP contribution in [-0.2, 0) is 4.79 Å². The molecule has 3 amide bonds. The van der Waals surface area contributed by atoms with Crippen molar-refractivity contribution in [3.63, 3.8) is 0 Å². The summed E-state index contributed by atoms with van der Waals surface area (Å²) in [6.07, 6.45) is 12.1. The number of hydrogen-bond donors (Lipinski definition) is 3. The first-order chi connectivity index (χ1) is 12.2. The monoisotopic (exact) mass is 352 g/mol. The van der Waals surface area contributed by atoms with E-state index in [-0.39, 0.29) is 11.9 Å². The van der Waals surface area contributed by atoms with Crippen LogP contribution in [-0.4, -0.2) is 55.6 Å². The third-order valence-corrected chi connectivity index (χ3v) is 5.23. The fourth-order valence-corrected chi connectivity index (χ4v) is 3.74. The van der Waals surface area contributed by atoms with E-state index in [1.165, 1.54) is 51.6 Å². The van der Waals surface area contributed by atoms with Crippen LogP contribution in [0.4, 0.5) is 4.79 Å². The first kappa shape index (κ1) is 20.0. The Hall–Kier alpha value is -1.30. The van der Waals surface area contributed by atoms with Gasteiger partial charge in [0.25, 0.3) is 0 Å². The summed E-state index contributed by atoms with van der Waals surface area (Å²) in [6.45, 7) is 4.82. The molecule has 6 heteroatoms. The third kappa shape index (κ3) is 9.10. The molecular weight excluding hydrogens is 316 g/mol. The van der Waals surface area contributed by atoms with Gasteiger partial charge < -0.3 is 20.9 Å². The Morgan fingerprint density at radius 2 is 1.52 bits per heavy atom. The van der Waals surface area contributed by atoms with Crippen LogP contribution in [0.5, 0.6) is 0 Å². The van der Waals surface area contributed by atoms with Crippen LogP contribution in [0.1, 0.15) is 70.6 Å². The normalized spacial score (nSPS) is 19.4. The summed E-state index contributed by atoms with van der Waals surface area (Å²) in [5, 5.41) is 8.87. The van der Waals surface area contributed by atoms with Crippen molar-refractivity contribution < 1.29 is 9.59 Å². The second kappa shape index (κ2) is 12.1. The first-order valence-electron chi connectivity index (χ1n) is 10.3. The van der Waals surface area contributed by atoms with Crippen molar-refractivity contribution >= 4 is 11.9 Å². The minimum Gasteiger partial charge on any atom is -0.356 e. The van der Waals surface area contributed by atoms with Crippen LogP contribution in [0.2, 0.25) is 0 Å². The van der Waals surface area contributed by atoms with Crippen molar-refractivity contribution in [1.29, 1.82) is 0 Å². The van der Waals surface area contributed by atoms with E-state index in [0.29, 0.717) is 25.4 Å². The van der Waals surface area contributed by atoms with Gasteiger partial charge in [0, 0.05) is 25.6 Å². The number of likely N-dealkylation sites (tertiary alicyclic amines) is 1. The summed E-state index contributed by atoms with van der Waals surface area (Å²) < 4.78 is 0. The van der Waals surface area contributed by atoms with Crippen LogP contribution in [0.25, 0.3) is 0 Å². The zero-order valence-electron chi connectivity index (χ0n) is 15.7. The van der Waals surface area contributed by atoms with E-state index >= 15 is 0 Å². The molecule has 3 N–H and O–H groups in total. The number of piperidine rings is 1. The van der Waals surface area contributed by atoms with E-state index < -0.39 is 0 Å². The molecule has 1 heterocycles. The Balaban J connectivity index is 1.40. The molecule has 0 atom stereocenters. The van der Waals surface area contributed by atoms with Crippen LogP contribution in [0.15, 0.2) is 0 Å². The number of rotatable bonds is 9. The van der Waals surface area contributed by atoms with Crippen molar-refractivity contribution in [3.8, 4) is 0 Å². The highest BCUT2D eigenvalue weighted by molar-refractivity contribution is 5.76. The molecule has 144 valence electrons. The van der Waals surface area contributed by atoms with Gasteiger partial charge >= 0.3 is 6.03 Å². The van der Waals surface area contributed by atoms with E-state index in [0.717, 1.165) is 32.4 Å². The molecule has 2 fully saturated rings. The highest BCUT2D eigenvalue weighted by atomic mass is 16.2. The number of carbonyl (C=O) groups is 2. The van der Waals surface area contributed by atoms with E-state index in [1.54, 1.807) is 0 Å². The lowest BCUT2D eigenvalue weighted by Crippen LogP contribution is -2.43. The van der Waals surface area contributed by atoms with Gasteiger partial charge in [-0.1, -0.05) is 25.7 Å². The Labute approximate surface area is 152 Å². The van der Waals surface area contributed by atoms with Gasteiger partial charge in [-0.25, -0.2) is 4.79 Å². The average molecular weight is 353 g/mol. The predicted octanol–water partition coefficient (Wildman–Crippen LogP) is 2.39. The molecule has 1 saturated carbocycles. The van der Waals surface area contributed by atoms with Gasteiger partial charge in [0.05, 0.1) is 0 Å². The van der Waals surface area contributed by atoms with Crippen LogP contribution in [0, 0.1) is 0 Å². The zero-order valence-corrected chi connectivity index (χ0v) is 15.7. The van der Waals surface area contributed by atoms with Crippen molar-refractivity contribution in [2.75, 3.05) is 32.7 Å². The zero-order chi connectivity index (χ0) is 17.7. The fourth-order valence-electron chi connectivity index (χ4n) is 3.74. The summed E-state index contributed by atoms with van der Waals surface area (Å²) in [6, 6.07) is 0.241. The van der Waals surface area contributed by atoms with E-state index in [2.05, 4.69) is 20.9 Å². The van der Waals surface area contributed by atoms with E-state index in [1.807, 2.05) is 0 Å². The number of hydrogen-bond acceptors (Lipinski definition) is 3. The van der Waals surface area contributed by atoms with Crippen molar-refractivity contribution in [2.45, 2.75) is 76.7 Å². The summed E-state index contributed by atoms with van der Waals surface area (Å²) in [7, 11) is 0. The standard InChI is InChI=1S/C19H36N4O2/c24-18(20-13-8-16-23-14-5-2-6-15-23)11-7-12-21-19(25)22-17-9-3-1-4-10-17/h17H,1-16H2,(H,20,24)(H2,21,22,25). The molecular formula is C19H36N4O2. The van der Waals surface area contributed by atoms with Gasteiger partial charge in [0.1, 0.15) is 0 Å². The molecule has 0 radical (unpaired) electrons. The van der Waals surface area contributed by atoms with Gasteiger partial charge in [-0.05, 0) is 58.2 Å². The van der Waals surface area contributed by atoms with Crippen LogP contribution in [0.3, 0.4) is 0 Å². The maximum absolute atomic E-state index is 11.8. The lowest BCUT2D eigenvalue weighted by atomic mass is 9.96. The summed E-state index contributed by atoms with van der Waals surface area (Å²) in [5.41, 5.74) is 0. The predicted molar refractivity (Wildman–Crippen MR) is 101 cm³/mol. The SMILES string of the molecule is O=C(CCCNC(=O)NC1CCCCC1)NCCCN1CCCCC1. The van der Waals surface area contributed by atoms with Gasteiger partial charge in [-0.2, -0.15) is 0 Å². The van der Waals surface area contributed by atoms with Crippen molar-refractivity contribution in [1.82, 2.24) is 20.9 Å². The summed E-state index contributed by atoms with van der Waals surface area (Å²) in [4.78, 5) is 26.1. The van der Waals surface area contributed by atoms with Gasteiger partial charge in [0.2, 0.25) is 5.91 Å². The summed E-state index contributed by atoms with van der Waals surface area (Å²) >= 11 is 0. The Bertz CT molecular complexity index is 391. The molecule has 0 aromatic rings. The molecule has 0 unspecified atom stereocenters. The number of carbonyl (C=O) groups excluding carboxylic acids is 2. The molecule has 1 saturated heterocycles. The fraction of sp³-hybridized carbons (Fsp3) is 0.895. The Morgan fingerprint density at radius 3 is 2.28 bits per heavy atom. The van der Waals surface area contributed by atoms with E-state index in [9.17, 15) is 9.59 Å². The smallest absolute Gasteiger partial charge is 0.315 e. The number of urea groups is 1. The molecule has 0 aromatic carbocycles. The number of nitrogens with zero attached hydrogens (tertiary/aromatic N) is 1. The molecule has 0 bridgehead atoms. The highest BCUT2D eigenvalue weighted by Crippen LogP contribution is 2.17. The maximum atomic E-state index is 11.8. The topological polar surface area (TPSA) is 73.5 Å². The number of amides is 3. The second-order valence-electron chi connectivity index (χ2n) is 7.44.